The molecule has 0 spiro atoms. The fourth-order valence-electron chi connectivity index (χ4n) is 3.17. The van der Waals surface area contributed by atoms with E-state index in [2.05, 4.69) is 10.6 Å². The standard InChI is InChI=1S/C20H30FN3O5S/c1-5-11-30(27,28)24-10-6-7-14(13-24)18(25)22-17-12-15(21)8-9-16(17)23-19(26)29-20(2,3)4/h8-9,12,14H,5-7,10-11,13H2,1-4H3,(H,22,25)(H,23,26). The molecule has 1 aromatic carbocycles. The Kier molecular flexibility index (Phi) is 7.81. The largest absolute Gasteiger partial charge is 0.444 e. The lowest BCUT2D eigenvalue weighted by atomic mass is 9.98. The quantitative estimate of drug-likeness (QED) is 0.699. The van der Waals surface area contributed by atoms with E-state index in [1.54, 1.807) is 27.7 Å². The lowest BCUT2D eigenvalue weighted by molar-refractivity contribution is -0.120. The van der Waals surface area contributed by atoms with Crippen molar-refractivity contribution >= 4 is 33.4 Å². The highest BCUT2D eigenvalue weighted by atomic mass is 32.2. The van der Waals surface area contributed by atoms with Gasteiger partial charge in [0.25, 0.3) is 0 Å². The van der Waals surface area contributed by atoms with Crippen molar-refractivity contribution < 1.29 is 27.1 Å². The van der Waals surface area contributed by atoms with E-state index in [9.17, 15) is 22.4 Å². The summed E-state index contributed by atoms with van der Waals surface area (Å²) in [6.07, 6.45) is 0.846. The molecule has 1 aliphatic rings. The summed E-state index contributed by atoms with van der Waals surface area (Å²) in [5.74, 6) is -1.54. The van der Waals surface area contributed by atoms with Crippen LogP contribution in [0.4, 0.5) is 20.6 Å². The van der Waals surface area contributed by atoms with Gasteiger partial charge in [-0.1, -0.05) is 6.92 Å². The molecule has 2 amide bonds. The first-order valence-corrected chi connectivity index (χ1v) is 11.6. The zero-order chi connectivity index (χ0) is 22.5. The van der Waals surface area contributed by atoms with Crippen LogP contribution in [0, 0.1) is 11.7 Å². The number of amides is 2. The van der Waals surface area contributed by atoms with E-state index in [4.69, 9.17) is 4.74 Å². The van der Waals surface area contributed by atoms with Crippen molar-refractivity contribution in [2.75, 3.05) is 29.5 Å². The number of ether oxygens (including phenoxy) is 1. The van der Waals surface area contributed by atoms with Gasteiger partial charge in [0.15, 0.2) is 0 Å². The lowest BCUT2D eigenvalue weighted by Gasteiger charge is -2.31. The molecule has 1 aliphatic heterocycles. The SMILES string of the molecule is CCCS(=O)(=O)N1CCCC(C(=O)Nc2cc(F)ccc2NC(=O)OC(C)(C)C)C1. The molecule has 168 valence electrons. The second-order valence-electron chi connectivity index (χ2n) is 8.32. The predicted octanol–water partition coefficient (Wildman–Crippen LogP) is 3.56. The van der Waals surface area contributed by atoms with Gasteiger partial charge in [-0.3, -0.25) is 10.1 Å². The van der Waals surface area contributed by atoms with Gasteiger partial charge in [0.05, 0.1) is 23.0 Å². The molecule has 1 fully saturated rings. The van der Waals surface area contributed by atoms with E-state index >= 15 is 0 Å². The van der Waals surface area contributed by atoms with Crippen molar-refractivity contribution in [2.45, 2.75) is 52.6 Å². The van der Waals surface area contributed by atoms with Crippen LogP contribution in [0.25, 0.3) is 0 Å². The Hall–Kier alpha value is -2.20. The number of piperidine rings is 1. The third-order valence-corrected chi connectivity index (χ3v) is 6.53. The number of sulfonamides is 1. The molecular formula is C20H30FN3O5S. The zero-order valence-corrected chi connectivity index (χ0v) is 18.6. The molecule has 0 bridgehead atoms. The summed E-state index contributed by atoms with van der Waals surface area (Å²) in [5, 5.41) is 5.13. The Morgan fingerprint density at radius 2 is 1.93 bits per heavy atom. The smallest absolute Gasteiger partial charge is 0.412 e. The van der Waals surface area contributed by atoms with Crippen molar-refractivity contribution in [2.24, 2.45) is 5.92 Å². The number of hydrogen-bond acceptors (Lipinski definition) is 5. The summed E-state index contributed by atoms with van der Waals surface area (Å²) < 4.78 is 45.0. The van der Waals surface area contributed by atoms with Gasteiger partial charge in [-0.15, -0.1) is 0 Å². The highest BCUT2D eigenvalue weighted by molar-refractivity contribution is 7.89. The van der Waals surface area contributed by atoms with Crippen LogP contribution in [0.5, 0.6) is 0 Å². The van der Waals surface area contributed by atoms with Gasteiger partial charge >= 0.3 is 6.09 Å². The van der Waals surface area contributed by atoms with E-state index in [-0.39, 0.29) is 23.7 Å². The normalized spacial score (nSPS) is 18.0. The second-order valence-corrected chi connectivity index (χ2v) is 10.4. The van der Waals surface area contributed by atoms with Crippen LogP contribution in [0.2, 0.25) is 0 Å². The first kappa shape index (κ1) is 24.1. The second kappa shape index (κ2) is 9.74. The Morgan fingerprint density at radius 1 is 1.23 bits per heavy atom. The Balaban J connectivity index is 2.12. The summed E-state index contributed by atoms with van der Waals surface area (Å²) in [7, 11) is -3.40. The Labute approximate surface area is 177 Å². The maximum absolute atomic E-state index is 13.8. The molecule has 1 aromatic rings. The number of nitrogens with one attached hydrogen (secondary N) is 2. The molecule has 30 heavy (non-hydrogen) atoms. The predicted molar refractivity (Wildman–Crippen MR) is 113 cm³/mol. The van der Waals surface area contributed by atoms with Crippen LogP contribution < -0.4 is 10.6 Å². The van der Waals surface area contributed by atoms with Gasteiger partial charge in [0, 0.05) is 13.1 Å². The van der Waals surface area contributed by atoms with Crippen LogP contribution >= 0.6 is 0 Å². The van der Waals surface area contributed by atoms with E-state index in [1.165, 1.54) is 10.4 Å². The fourth-order valence-corrected chi connectivity index (χ4v) is 4.76. The molecule has 1 heterocycles. The minimum atomic E-state index is -3.40. The molecule has 0 aromatic heterocycles. The third-order valence-electron chi connectivity index (χ3n) is 4.49. The topological polar surface area (TPSA) is 105 Å². The van der Waals surface area contributed by atoms with Gasteiger partial charge in [-0.05, 0) is 58.2 Å². The van der Waals surface area contributed by atoms with Gasteiger partial charge in [-0.2, -0.15) is 0 Å². The summed E-state index contributed by atoms with van der Waals surface area (Å²) in [6, 6.07) is 3.58. The minimum absolute atomic E-state index is 0.0369. The number of rotatable bonds is 6. The molecule has 1 atom stereocenters. The van der Waals surface area contributed by atoms with Crippen LogP contribution in [0.3, 0.4) is 0 Å². The maximum atomic E-state index is 13.8. The molecule has 1 saturated heterocycles. The Bertz CT molecular complexity index is 883. The molecule has 2 rings (SSSR count). The average molecular weight is 444 g/mol. The number of halogens is 1. The Morgan fingerprint density at radius 3 is 2.57 bits per heavy atom. The van der Waals surface area contributed by atoms with Gasteiger partial charge < -0.3 is 10.1 Å². The molecule has 0 aliphatic carbocycles. The highest BCUT2D eigenvalue weighted by Crippen LogP contribution is 2.26. The molecule has 2 N–H and O–H groups in total. The zero-order valence-electron chi connectivity index (χ0n) is 17.8. The van der Waals surface area contributed by atoms with Crippen molar-refractivity contribution in [1.82, 2.24) is 4.31 Å². The van der Waals surface area contributed by atoms with Gasteiger partial charge in [0.1, 0.15) is 11.4 Å². The number of hydrogen-bond donors (Lipinski definition) is 2. The van der Waals surface area contributed by atoms with Crippen molar-refractivity contribution in [1.29, 1.82) is 0 Å². The fraction of sp³-hybridized carbons (Fsp3) is 0.600. The molecule has 0 saturated carbocycles. The maximum Gasteiger partial charge on any atom is 0.412 e. The molecule has 10 heteroatoms. The highest BCUT2D eigenvalue weighted by Gasteiger charge is 2.32. The monoisotopic (exact) mass is 443 g/mol. The van der Waals surface area contributed by atoms with Gasteiger partial charge in [0.2, 0.25) is 15.9 Å². The molecule has 0 radical (unpaired) electrons. The summed E-state index contributed by atoms with van der Waals surface area (Å²) >= 11 is 0. The number of nitrogens with zero attached hydrogens (tertiary/aromatic N) is 1. The van der Waals surface area contributed by atoms with Crippen molar-refractivity contribution in [3.05, 3.63) is 24.0 Å². The number of carbonyl (C=O) groups is 2. The summed E-state index contributed by atoms with van der Waals surface area (Å²) in [6.45, 7) is 7.38. The molecule has 1 unspecified atom stereocenters. The number of carbonyl (C=O) groups excluding carboxylic acids is 2. The van der Waals surface area contributed by atoms with E-state index in [0.29, 0.717) is 25.8 Å². The number of anilines is 2. The third kappa shape index (κ3) is 6.94. The lowest BCUT2D eigenvalue weighted by Crippen LogP contribution is -2.44. The van der Waals surface area contributed by atoms with E-state index in [0.717, 1.165) is 12.1 Å². The van der Waals surface area contributed by atoms with E-state index in [1.807, 2.05) is 0 Å². The van der Waals surface area contributed by atoms with Gasteiger partial charge in [-0.25, -0.2) is 21.9 Å². The van der Waals surface area contributed by atoms with Crippen molar-refractivity contribution in [3.63, 3.8) is 0 Å². The summed E-state index contributed by atoms with van der Waals surface area (Å²) in [5.41, 5.74) is -0.451. The van der Waals surface area contributed by atoms with E-state index < -0.39 is 39.4 Å². The first-order valence-electron chi connectivity index (χ1n) is 9.99. The average Bonchev–Trinajstić information content (AvgIpc) is 2.62. The van der Waals surface area contributed by atoms with Crippen LogP contribution in [0.1, 0.15) is 47.0 Å². The van der Waals surface area contributed by atoms with Crippen molar-refractivity contribution in [3.8, 4) is 0 Å². The minimum Gasteiger partial charge on any atom is -0.444 e. The summed E-state index contributed by atoms with van der Waals surface area (Å²) in [4.78, 5) is 24.8. The van der Waals surface area contributed by atoms with Crippen LogP contribution in [0.15, 0.2) is 18.2 Å². The first-order chi connectivity index (χ1) is 13.9. The molecule has 8 nitrogen and oxygen atoms in total. The number of benzene rings is 1. The van der Waals surface area contributed by atoms with Crippen LogP contribution in [-0.2, 0) is 19.6 Å². The molecular weight excluding hydrogens is 413 g/mol. The van der Waals surface area contributed by atoms with Crippen LogP contribution in [-0.4, -0.2) is 49.2 Å².